The predicted octanol–water partition coefficient (Wildman–Crippen LogP) is 3.28. The number of unbranched alkanes of at least 4 members (excludes halogenated alkanes) is 1. The summed E-state index contributed by atoms with van der Waals surface area (Å²) in [6, 6.07) is 0. The molecule has 1 atom stereocenters. The fourth-order valence-corrected chi connectivity index (χ4v) is 1.59. The quantitative estimate of drug-likeness (QED) is 0.547. The van der Waals surface area contributed by atoms with E-state index in [0.29, 0.717) is 5.92 Å². The Labute approximate surface area is 68.4 Å². The number of hydrogen-bond donors (Lipinski definition) is 0. The van der Waals surface area contributed by atoms with E-state index in [0.717, 1.165) is 24.2 Å². The van der Waals surface area contributed by atoms with Gasteiger partial charge in [0.05, 0.1) is 0 Å². The summed E-state index contributed by atoms with van der Waals surface area (Å²) >= 11 is 0.735. The molecule has 0 spiro atoms. The van der Waals surface area contributed by atoms with Crippen LogP contribution in [0.4, 0.5) is 0 Å². The monoisotopic (exact) mass is 161 g/mol. The van der Waals surface area contributed by atoms with E-state index in [-0.39, 0.29) is 0 Å². The maximum absolute atomic E-state index is 10.2. The summed E-state index contributed by atoms with van der Waals surface area (Å²) in [5.41, 5.74) is 0. The molecule has 0 saturated heterocycles. The van der Waals surface area contributed by atoms with E-state index in [4.69, 9.17) is 0 Å². The average molecular weight is 161 g/mol. The van der Waals surface area contributed by atoms with Crippen LogP contribution >= 0.6 is 12.0 Å². The molecule has 0 aromatic rings. The summed E-state index contributed by atoms with van der Waals surface area (Å²) in [6.07, 6.45) is 4.93. The molecule has 61 valence electrons. The lowest BCUT2D eigenvalue weighted by molar-refractivity contribution is 0.476. The van der Waals surface area contributed by atoms with Crippen LogP contribution in [0.1, 0.15) is 39.5 Å². The molecule has 0 fully saturated rings. The number of hydrogen-bond acceptors (Lipinski definition) is 1. The van der Waals surface area contributed by atoms with Gasteiger partial charge in [-0.3, -0.25) is 0 Å². The van der Waals surface area contributed by atoms with Crippen LogP contribution in [0.15, 0.2) is 0 Å². The third-order valence-electron chi connectivity index (χ3n) is 1.85. The Morgan fingerprint density at radius 3 is 2.50 bits per heavy atom. The second kappa shape index (κ2) is 7.42. The third-order valence-corrected chi connectivity index (χ3v) is 2.45. The van der Waals surface area contributed by atoms with Crippen LogP contribution in [0.25, 0.3) is 0 Å². The lowest BCUT2D eigenvalue weighted by Gasteiger charge is -2.09. The molecule has 0 bridgehead atoms. The molecular formula is C8H17OS. The first-order valence-electron chi connectivity index (χ1n) is 4.09. The lowest BCUT2D eigenvalue weighted by Crippen LogP contribution is -2.01. The fourth-order valence-electron chi connectivity index (χ4n) is 0.994. The molecule has 0 amide bonds. The van der Waals surface area contributed by atoms with Gasteiger partial charge in [0.2, 0.25) is 0 Å². The van der Waals surface area contributed by atoms with Crippen LogP contribution < -0.4 is 0 Å². The summed E-state index contributed by atoms with van der Waals surface area (Å²) in [7, 11) is 0. The lowest BCUT2D eigenvalue weighted by atomic mass is 10.0. The van der Waals surface area contributed by atoms with Crippen molar-refractivity contribution in [2.45, 2.75) is 39.5 Å². The van der Waals surface area contributed by atoms with Gasteiger partial charge in [-0.05, 0) is 12.3 Å². The Morgan fingerprint density at radius 1 is 1.40 bits per heavy atom. The largest absolute Gasteiger partial charge is 0.151 e. The van der Waals surface area contributed by atoms with Crippen LogP contribution in [-0.2, 0) is 4.55 Å². The van der Waals surface area contributed by atoms with E-state index < -0.39 is 0 Å². The topological polar surface area (TPSA) is 19.9 Å². The van der Waals surface area contributed by atoms with Crippen LogP contribution in [0, 0.1) is 5.92 Å². The van der Waals surface area contributed by atoms with Crippen LogP contribution in [-0.4, -0.2) is 5.75 Å². The van der Waals surface area contributed by atoms with E-state index in [2.05, 4.69) is 13.8 Å². The molecule has 0 heterocycles. The predicted molar refractivity (Wildman–Crippen MR) is 46.5 cm³/mol. The highest BCUT2D eigenvalue weighted by Gasteiger charge is 2.04. The summed E-state index contributed by atoms with van der Waals surface area (Å²) < 4.78 is 10.2. The Hall–Kier alpha value is 0.310. The molecule has 0 aliphatic rings. The zero-order valence-corrected chi connectivity index (χ0v) is 7.75. The van der Waals surface area contributed by atoms with Gasteiger partial charge in [-0.25, -0.2) is 0 Å². The van der Waals surface area contributed by atoms with Crippen molar-refractivity contribution in [2.75, 3.05) is 5.75 Å². The highest BCUT2D eigenvalue weighted by atomic mass is 32.2. The summed E-state index contributed by atoms with van der Waals surface area (Å²) in [5.74, 6) is 1.47. The van der Waals surface area contributed by atoms with E-state index in [1.165, 1.54) is 19.3 Å². The van der Waals surface area contributed by atoms with E-state index >= 15 is 0 Å². The van der Waals surface area contributed by atoms with Gasteiger partial charge in [-0.2, -0.15) is 4.55 Å². The molecule has 0 aromatic carbocycles. The van der Waals surface area contributed by atoms with E-state index in [1.54, 1.807) is 0 Å². The normalized spacial score (nSPS) is 13.5. The summed E-state index contributed by atoms with van der Waals surface area (Å²) in [5, 5.41) is 0. The standard InChI is InChI=1S/C8H17OS/c1-3-5-6-8(4-2)7-10-9/h8H,3-7H2,1-2H3. The molecular weight excluding hydrogens is 144 g/mol. The van der Waals surface area contributed by atoms with Gasteiger partial charge >= 0.3 is 0 Å². The van der Waals surface area contributed by atoms with Crippen molar-refractivity contribution in [2.24, 2.45) is 5.92 Å². The first-order chi connectivity index (χ1) is 4.85. The van der Waals surface area contributed by atoms with E-state index in [9.17, 15) is 4.55 Å². The van der Waals surface area contributed by atoms with Gasteiger partial charge < -0.3 is 0 Å². The van der Waals surface area contributed by atoms with Gasteiger partial charge in [-0.1, -0.05) is 33.1 Å². The number of rotatable bonds is 6. The minimum Gasteiger partial charge on any atom is -0.151 e. The van der Waals surface area contributed by atoms with Gasteiger partial charge in [0, 0.05) is 17.8 Å². The molecule has 1 radical (unpaired) electrons. The average Bonchev–Trinajstić information content (AvgIpc) is 1.98. The van der Waals surface area contributed by atoms with E-state index in [1.807, 2.05) is 0 Å². The van der Waals surface area contributed by atoms with Gasteiger partial charge in [0.15, 0.2) is 0 Å². The zero-order valence-electron chi connectivity index (χ0n) is 6.93. The Morgan fingerprint density at radius 2 is 2.10 bits per heavy atom. The second-order valence-electron chi connectivity index (χ2n) is 2.70. The molecule has 1 nitrogen and oxygen atoms in total. The highest BCUT2D eigenvalue weighted by Crippen LogP contribution is 2.16. The molecule has 0 aliphatic heterocycles. The first kappa shape index (κ1) is 10.3. The Kier molecular flexibility index (Phi) is 7.65. The van der Waals surface area contributed by atoms with Crippen molar-refractivity contribution in [1.29, 1.82) is 0 Å². The van der Waals surface area contributed by atoms with Crippen LogP contribution in [0.3, 0.4) is 0 Å². The zero-order chi connectivity index (χ0) is 7.82. The molecule has 10 heavy (non-hydrogen) atoms. The molecule has 0 aliphatic carbocycles. The molecule has 2 heteroatoms. The molecule has 1 unspecified atom stereocenters. The van der Waals surface area contributed by atoms with Crippen LogP contribution in [0.5, 0.6) is 0 Å². The van der Waals surface area contributed by atoms with Crippen molar-refractivity contribution < 1.29 is 4.55 Å². The first-order valence-corrected chi connectivity index (χ1v) is 5.00. The highest BCUT2D eigenvalue weighted by molar-refractivity contribution is 7.93. The van der Waals surface area contributed by atoms with Gasteiger partial charge in [-0.15, -0.1) is 0 Å². The van der Waals surface area contributed by atoms with Crippen molar-refractivity contribution in [3.8, 4) is 0 Å². The summed E-state index contributed by atoms with van der Waals surface area (Å²) in [4.78, 5) is 0. The summed E-state index contributed by atoms with van der Waals surface area (Å²) in [6.45, 7) is 4.35. The van der Waals surface area contributed by atoms with Gasteiger partial charge in [0.25, 0.3) is 0 Å². The Balaban J connectivity index is 3.21. The molecule has 0 aromatic heterocycles. The maximum Gasteiger partial charge on any atom is 0.0329 e. The Bertz CT molecular complexity index is 66.3. The molecule has 0 rings (SSSR count). The smallest absolute Gasteiger partial charge is 0.0329 e. The molecule has 0 saturated carbocycles. The van der Waals surface area contributed by atoms with Crippen molar-refractivity contribution >= 4 is 12.0 Å². The fraction of sp³-hybridized carbons (Fsp3) is 1.00. The minimum absolute atomic E-state index is 0.669. The van der Waals surface area contributed by atoms with Crippen molar-refractivity contribution in [3.05, 3.63) is 0 Å². The minimum atomic E-state index is 0.669. The second-order valence-corrected chi connectivity index (χ2v) is 3.27. The molecule has 0 N–H and O–H groups in total. The van der Waals surface area contributed by atoms with Crippen molar-refractivity contribution in [1.82, 2.24) is 0 Å². The van der Waals surface area contributed by atoms with Crippen molar-refractivity contribution in [3.63, 3.8) is 0 Å². The third kappa shape index (κ3) is 5.12. The van der Waals surface area contributed by atoms with Gasteiger partial charge in [0.1, 0.15) is 0 Å². The maximum atomic E-state index is 10.2. The SMILES string of the molecule is CCCCC(CC)CS[O]. The van der Waals surface area contributed by atoms with Crippen LogP contribution in [0.2, 0.25) is 0 Å².